The van der Waals surface area contributed by atoms with Gasteiger partial charge in [0.25, 0.3) is 5.91 Å². The van der Waals surface area contributed by atoms with Gasteiger partial charge in [0.15, 0.2) is 0 Å². The molecule has 0 unspecified atom stereocenters. The highest BCUT2D eigenvalue weighted by Crippen LogP contribution is 2.27. The molecule has 0 aliphatic rings. The lowest BCUT2D eigenvalue weighted by molar-refractivity contribution is 0.0788. The summed E-state index contributed by atoms with van der Waals surface area (Å²) in [6.45, 7) is 6.02. The topological polar surface area (TPSA) is 33.2 Å². The number of hydrogen-bond donors (Lipinski definition) is 0. The van der Waals surface area contributed by atoms with E-state index in [1.54, 1.807) is 19.2 Å². The van der Waals surface area contributed by atoms with E-state index in [-0.39, 0.29) is 18.4 Å². The molecule has 0 N–H and O–H groups in total. The number of nitrogens with zero attached hydrogens (tertiary/aromatic N) is 2. The highest BCUT2D eigenvalue weighted by atomic mass is 35.5. The van der Waals surface area contributed by atoms with Crippen molar-refractivity contribution in [2.45, 2.75) is 33.2 Å². The summed E-state index contributed by atoms with van der Waals surface area (Å²) in [6, 6.07) is 4.51. The zero-order chi connectivity index (χ0) is 16.4. The first-order valence-corrected chi connectivity index (χ1v) is 8.16. The Labute approximate surface area is 138 Å². The average molecular weight is 341 g/mol. The van der Waals surface area contributed by atoms with Crippen molar-refractivity contribution in [3.63, 3.8) is 0 Å². The minimum atomic E-state index is -0.406. The van der Waals surface area contributed by atoms with Crippen molar-refractivity contribution in [3.05, 3.63) is 50.2 Å². The molecule has 2 aromatic rings. The van der Waals surface area contributed by atoms with E-state index in [1.807, 2.05) is 20.8 Å². The molecule has 0 aliphatic heterocycles. The normalized spacial score (nSPS) is 11.0. The Hall–Kier alpha value is -1.46. The van der Waals surface area contributed by atoms with Gasteiger partial charge in [-0.1, -0.05) is 31.5 Å². The van der Waals surface area contributed by atoms with Crippen LogP contribution in [-0.2, 0) is 6.54 Å². The summed E-state index contributed by atoms with van der Waals surface area (Å²) in [7, 11) is 1.64. The van der Waals surface area contributed by atoms with E-state index < -0.39 is 5.82 Å². The second-order valence-corrected chi connectivity index (χ2v) is 6.92. The van der Waals surface area contributed by atoms with Crippen molar-refractivity contribution in [1.82, 2.24) is 9.88 Å². The van der Waals surface area contributed by atoms with Gasteiger partial charge in [0.1, 0.15) is 10.7 Å². The monoisotopic (exact) mass is 340 g/mol. The molecule has 0 spiro atoms. The smallest absolute Gasteiger partial charge is 0.265 e. The summed E-state index contributed by atoms with van der Waals surface area (Å²) < 4.78 is 13.8. The van der Waals surface area contributed by atoms with Gasteiger partial charge in [-0.25, -0.2) is 9.37 Å². The summed E-state index contributed by atoms with van der Waals surface area (Å²) in [5.41, 5.74) is 1.04. The molecule has 6 heteroatoms. The number of aromatic nitrogens is 1. The first-order chi connectivity index (χ1) is 10.3. The number of halogens is 2. The lowest BCUT2D eigenvalue weighted by Gasteiger charge is -2.18. The molecule has 0 radical (unpaired) electrons. The number of benzene rings is 1. The predicted octanol–water partition coefficient (Wildman–Crippen LogP) is 4.64. The third kappa shape index (κ3) is 3.47. The predicted molar refractivity (Wildman–Crippen MR) is 88.1 cm³/mol. The Kier molecular flexibility index (Phi) is 5.19. The lowest BCUT2D eigenvalue weighted by Crippen LogP contribution is -2.26. The van der Waals surface area contributed by atoms with Gasteiger partial charge < -0.3 is 4.90 Å². The molecular weight excluding hydrogens is 323 g/mol. The zero-order valence-corrected chi connectivity index (χ0v) is 14.6. The maximum Gasteiger partial charge on any atom is 0.265 e. The molecule has 2 rings (SSSR count). The van der Waals surface area contributed by atoms with Crippen LogP contribution in [-0.4, -0.2) is 22.8 Å². The molecule has 0 aliphatic carbocycles. The van der Waals surface area contributed by atoms with E-state index in [0.29, 0.717) is 21.2 Å². The van der Waals surface area contributed by atoms with Crippen LogP contribution >= 0.6 is 22.9 Å². The Bertz CT molecular complexity index is 679. The Morgan fingerprint density at radius 2 is 2.14 bits per heavy atom. The van der Waals surface area contributed by atoms with Crippen LogP contribution in [0.1, 0.15) is 45.7 Å². The number of carbonyl (C=O) groups is 1. The number of thiazole rings is 1. The van der Waals surface area contributed by atoms with E-state index in [0.717, 1.165) is 5.01 Å². The molecule has 0 fully saturated rings. The Balaban J connectivity index is 2.23. The highest BCUT2D eigenvalue weighted by Gasteiger charge is 2.21. The second-order valence-electron chi connectivity index (χ2n) is 5.48. The molecule has 118 valence electrons. The quantitative estimate of drug-likeness (QED) is 0.812. The summed E-state index contributed by atoms with van der Waals surface area (Å²) >= 11 is 7.41. The third-order valence-electron chi connectivity index (χ3n) is 3.30. The molecular formula is C16H18ClFN2OS. The molecule has 22 heavy (non-hydrogen) atoms. The van der Waals surface area contributed by atoms with Crippen molar-refractivity contribution < 1.29 is 9.18 Å². The second kappa shape index (κ2) is 6.75. The van der Waals surface area contributed by atoms with Crippen molar-refractivity contribution in [1.29, 1.82) is 0 Å². The summed E-state index contributed by atoms with van der Waals surface area (Å²) in [4.78, 5) is 19.0. The SMILES string of the molecule is Cc1nc(C(C)C)sc1C(=O)N(C)Cc1c(F)cccc1Cl. The number of hydrogen-bond acceptors (Lipinski definition) is 3. The zero-order valence-electron chi connectivity index (χ0n) is 13.0. The fourth-order valence-corrected chi connectivity index (χ4v) is 3.32. The minimum absolute atomic E-state index is 0.124. The fourth-order valence-electron chi connectivity index (χ4n) is 2.03. The van der Waals surface area contributed by atoms with Crippen LogP contribution in [0.25, 0.3) is 0 Å². The van der Waals surface area contributed by atoms with E-state index in [1.165, 1.54) is 22.3 Å². The molecule has 0 saturated heterocycles. The molecule has 0 saturated carbocycles. The molecule has 0 atom stereocenters. The largest absolute Gasteiger partial charge is 0.336 e. The molecule has 1 amide bonds. The first-order valence-electron chi connectivity index (χ1n) is 6.97. The fraction of sp³-hybridized carbons (Fsp3) is 0.375. The minimum Gasteiger partial charge on any atom is -0.336 e. The van der Waals surface area contributed by atoms with Crippen LogP contribution in [0.2, 0.25) is 5.02 Å². The van der Waals surface area contributed by atoms with Gasteiger partial charge in [-0.2, -0.15) is 0 Å². The Morgan fingerprint density at radius 3 is 2.68 bits per heavy atom. The van der Waals surface area contributed by atoms with E-state index in [2.05, 4.69) is 4.98 Å². The molecule has 1 aromatic carbocycles. The van der Waals surface area contributed by atoms with Crippen LogP contribution in [0.4, 0.5) is 4.39 Å². The standard InChI is InChI=1S/C16H18ClFN2OS/c1-9(2)15-19-10(3)14(22-15)16(21)20(4)8-11-12(17)6-5-7-13(11)18/h5-7,9H,8H2,1-4H3. The van der Waals surface area contributed by atoms with Crippen molar-refractivity contribution in [3.8, 4) is 0 Å². The third-order valence-corrected chi connectivity index (χ3v) is 5.11. The number of aryl methyl sites for hydroxylation is 1. The van der Waals surface area contributed by atoms with Crippen LogP contribution in [0.3, 0.4) is 0 Å². The molecule has 1 heterocycles. The summed E-state index contributed by atoms with van der Waals surface area (Å²) in [6.07, 6.45) is 0. The number of rotatable bonds is 4. The van der Waals surface area contributed by atoms with Gasteiger partial charge in [0.2, 0.25) is 0 Å². The number of carbonyl (C=O) groups excluding carboxylic acids is 1. The van der Waals surface area contributed by atoms with Crippen molar-refractivity contribution in [2.75, 3.05) is 7.05 Å². The van der Waals surface area contributed by atoms with Crippen LogP contribution in [0.15, 0.2) is 18.2 Å². The molecule has 1 aromatic heterocycles. The van der Waals surface area contributed by atoms with Crippen LogP contribution in [0, 0.1) is 12.7 Å². The maximum atomic E-state index is 13.8. The first kappa shape index (κ1) is 16.9. The van der Waals surface area contributed by atoms with Crippen LogP contribution in [0.5, 0.6) is 0 Å². The summed E-state index contributed by atoms with van der Waals surface area (Å²) in [5.74, 6) is -0.297. The van der Waals surface area contributed by atoms with Crippen molar-refractivity contribution in [2.24, 2.45) is 0 Å². The van der Waals surface area contributed by atoms with Gasteiger partial charge in [-0.3, -0.25) is 4.79 Å². The van der Waals surface area contributed by atoms with Crippen LogP contribution < -0.4 is 0 Å². The number of amides is 1. The van der Waals surface area contributed by atoms with Gasteiger partial charge in [0.05, 0.1) is 17.2 Å². The Morgan fingerprint density at radius 1 is 1.45 bits per heavy atom. The van der Waals surface area contributed by atoms with Gasteiger partial charge in [-0.05, 0) is 19.1 Å². The summed E-state index contributed by atoms with van der Waals surface area (Å²) in [5, 5.41) is 1.25. The van der Waals surface area contributed by atoms with E-state index >= 15 is 0 Å². The van der Waals surface area contributed by atoms with Gasteiger partial charge in [-0.15, -0.1) is 11.3 Å². The van der Waals surface area contributed by atoms with E-state index in [4.69, 9.17) is 11.6 Å². The molecule has 3 nitrogen and oxygen atoms in total. The van der Waals surface area contributed by atoms with Gasteiger partial charge in [0, 0.05) is 23.6 Å². The van der Waals surface area contributed by atoms with Crippen molar-refractivity contribution >= 4 is 28.8 Å². The molecule has 0 bridgehead atoms. The highest BCUT2D eigenvalue weighted by molar-refractivity contribution is 7.13. The lowest BCUT2D eigenvalue weighted by atomic mass is 10.2. The average Bonchev–Trinajstić information content (AvgIpc) is 2.84. The maximum absolute atomic E-state index is 13.8. The van der Waals surface area contributed by atoms with E-state index in [9.17, 15) is 9.18 Å². The van der Waals surface area contributed by atoms with Gasteiger partial charge >= 0.3 is 0 Å².